The Kier molecular flexibility index (Phi) is 8.87. The highest BCUT2D eigenvalue weighted by Crippen LogP contribution is 2.42. The Balaban J connectivity index is 1.18. The summed E-state index contributed by atoms with van der Waals surface area (Å²) in [6.07, 6.45) is 4.19. The van der Waals surface area contributed by atoms with Crippen LogP contribution in [0, 0.1) is 11.3 Å². The Bertz CT molecular complexity index is 1750. The van der Waals surface area contributed by atoms with E-state index in [1.807, 2.05) is 16.7 Å². The molecule has 1 unspecified atom stereocenters. The first kappa shape index (κ1) is 31.0. The molecule has 2 aromatic heterocycles. The molecule has 1 saturated heterocycles. The van der Waals surface area contributed by atoms with Crippen molar-refractivity contribution in [1.29, 1.82) is 5.26 Å². The first-order valence-corrected chi connectivity index (χ1v) is 15.7. The van der Waals surface area contributed by atoms with Crippen molar-refractivity contribution in [2.45, 2.75) is 45.8 Å². The van der Waals surface area contributed by atoms with Crippen molar-refractivity contribution >= 4 is 29.0 Å². The van der Waals surface area contributed by atoms with Crippen LogP contribution in [0.1, 0.15) is 60.5 Å². The largest absolute Gasteiger partial charge is 0.495 e. The minimum absolute atomic E-state index is 0.0621. The van der Waals surface area contributed by atoms with Gasteiger partial charge in [0, 0.05) is 50.0 Å². The van der Waals surface area contributed by atoms with Gasteiger partial charge in [-0.05, 0) is 63.2 Å². The molecular weight excluding hydrogens is 580 g/mol. The van der Waals surface area contributed by atoms with Crippen LogP contribution in [0.5, 0.6) is 5.75 Å². The minimum Gasteiger partial charge on any atom is -0.495 e. The molecule has 1 atom stereocenters. The Morgan fingerprint density at radius 3 is 2.54 bits per heavy atom. The van der Waals surface area contributed by atoms with E-state index in [-0.39, 0.29) is 18.0 Å². The van der Waals surface area contributed by atoms with Crippen LogP contribution in [0.2, 0.25) is 0 Å². The highest BCUT2D eigenvalue weighted by molar-refractivity contribution is 6.05. The van der Waals surface area contributed by atoms with E-state index in [9.17, 15) is 10.1 Å². The molecule has 0 spiro atoms. The Labute approximate surface area is 269 Å². The number of piperazine rings is 1. The number of imidazole rings is 1. The summed E-state index contributed by atoms with van der Waals surface area (Å²) in [5, 5.41) is 16.0. The predicted molar refractivity (Wildman–Crippen MR) is 178 cm³/mol. The van der Waals surface area contributed by atoms with Gasteiger partial charge in [-0.25, -0.2) is 9.97 Å². The summed E-state index contributed by atoms with van der Waals surface area (Å²) in [6.45, 7) is 11.5. The number of amides is 1. The molecule has 4 heterocycles. The zero-order valence-electron chi connectivity index (χ0n) is 27.0. The standard InChI is InChI=1S/C34H40N10O2/c1-6-28-31-27(18-35)37-21-43(31)29-19-36-34(40-32(29)44(28)22(2)3)39-26-12-9-24(17-30(26)46-5)33(45)38-25-10-7-23(8-11-25)20-42-15-13-41(4)14-16-42/h7-12,17,19,21-22,28H,6,13-16,20H2,1-5H3,(H,38,45)(H,36,39,40). The second-order valence-corrected chi connectivity index (χ2v) is 12.1. The molecule has 1 fully saturated rings. The van der Waals surface area contributed by atoms with Crippen LogP contribution in [0.15, 0.2) is 55.0 Å². The number of benzene rings is 2. The maximum absolute atomic E-state index is 13.2. The van der Waals surface area contributed by atoms with Gasteiger partial charge in [0.25, 0.3) is 5.91 Å². The monoisotopic (exact) mass is 620 g/mol. The van der Waals surface area contributed by atoms with Crippen LogP contribution >= 0.6 is 0 Å². The molecule has 1 amide bonds. The first-order valence-electron chi connectivity index (χ1n) is 15.7. The van der Waals surface area contributed by atoms with Crippen LogP contribution in [0.3, 0.4) is 0 Å². The molecule has 2 aliphatic rings. The lowest BCUT2D eigenvalue weighted by Crippen LogP contribution is -2.43. The summed E-state index contributed by atoms with van der Waals surface area (Å²) in [6, 6.07) is 15.5. The average Bonchev–Trinajstić information content (AvgIpc) is 3.50. The van der Waals surface area contributed by atoms with Crippen LogP contribution in [-0.2, 0) is 6.54 Å². The van der Waals surface area contributed by atoms with E-state index in [1.54, 1.807) is 37.8 Å². The van der Waals surface area contributed by atoms with Gasteiger partial charge < -0.3 is 25.2 Å². The predicted octanol–water partition coefficient (Wildman–Crippen LogP) is 4.97. The second-order valence-electron chi connectivity index (χ2n) is 12.1. The van der Waals surface area contributed by atoms with E-state index in [0.29, 0.717) is 28.6 Å². The molecule has 238 valence electrons. The van der Waals surface area contributed by atoms with Gasteiger partial charge in [0.15, 0.2) is 11.5 Å². The van der Waals surface area contributed by atoms with E-state index in [4.69, 9.17) is 9.72 Å². The van der Waals surface area contributed by atoms with Crippen LogP contribution in [-0.4, -0.2) is 81.6 Å². The van der Waals surface area contributed by atoms with Gasteiger partial charge in [-0.15, -0.1) is 0 Å². The van der Waals surface area contributed by atoms with Gasteiger partial charge in [-0.3, -0.25) is 14.3 Å². The van der Waals surface area contributed by atoms with Crippen molar-refractivity contribution < 1.29 is 9.53 Å². The van der Waals surface area contributed by atoms with E-state index in [1.165, 1.54) is 5.56 Å². The number of carbonyl (C=O) groups excluding carboxylic acids is 1. The lowest BCUT2D eigenvalue weighted by atomic mass is 10.0. The molecule has 6 rings (SSSR count). The topological polar surface area (TPSA) is 127 Å². The summed E-state index contributed by atoms with van der Waals surface area (Å²) in [5.41, 5.74) is 5.08. The number of carbonyl (C=O) groups is 1. The fourth-order valence-electron chi connectivity index (χ4n) is 6.23. The number of fused-ring (bicyclic) bond motifs is 3. The number of nitrogens with one attached hydrogen (secondary N) is 2. The quantitative estimate of drug-likeness (QED) is 0.265. The summed E-state index contributed by atoms with van der Waals surface area (Å²) in [4.78, 5) is 34.0. The molecule has 2 N–H and O–H groups in total. The zero-order chi connectivity index (χ0) is 32.4. The molecule has 4 aromatic rings. The smallest absolute Gasteiger partial charge is 0.255 e. The van der Waals surface area contributed by atoms with E-state index in [0.717, 1.165) is 62.0 Å². The molecular formula is C34H40N10O2. The normalized spacial score (nSPS) is 16.5. The lowest BCUT2D eigenvalue weighted by Gasteiger charge is -2.40. The number of nitrogens with zero attached hydrogens (tertiary/aromatic N) is 8. The third-order valence-electron chi connectivity index (χ3n) is 8.68. The van der Waals surface area contributed by atoms with Crippen molar-refractivity contribution in [1.82, 2.24) is 29.3 Å². The fourth-order valence-corrected chi connectivity index (χ4v) is 6.23. The molecule has 0 radical (unpaired) electrons. The van der Waals surface area contributed by atoms with Crippen molar-refractivity contribution in [3.63, 3.8) is 0 Å². The van der Waals surface area contributed by atoms with Gasteiger partial charge in [0.1, 0.15) is 23.8 Å². The molecule has 46 heavy (non-hydrogen) atoms. The number of likely N-dealkylation sites (N-methyl/N-ethyl adjacent to an activating group) is 1. The van der Waals surface area contributed by atoms with Crippen molar-refractivity contribution in [2.24, 2.45) is 0 Å². The van der Waals surface area contributed by atoms with Crippen molar-refractivity contribution in [3.05, 3.63) is 77.5 Å². The van der Waals surface area contributed by atoms with Crippen LogP contribution < -0.4 is 20.3 Å². The van der Waals surface area contributed by atoms with Crippen molar-refractivity contribution in [3.8, 4) is 17.5 Å². The summed E-state index contributed by atoms with van der Waals surface area (Å²) < 4.78 is 7.58. The van der Waals surface area contributed by atoms with Crippen LogP contribution in [0.25, 0.3) is 5.69 Å². The third kappa shape index (κ3) is 6.11. The van der Waals surface area contributed by atoms with Crippen molar-refractivity contribution in [2.75, 3.05) is 55.9 Å². The number of anilines is 4. The molecule has 0 aliphatic carbocycles. The Morgan fingerprint density at radius 1 is 1.11 bits per heavy atom. The summed E-state index contributed by atoms with van der Waals surface area (Å²) >= 11 is 0. The SMILES string of the molecule is CCC1c2c(C#N)ncn2-c2cnc(Nc3ccc(C(=O)Nc4ccc(CN5CCN(C)CC5)cc4)cc3OC)nc2N1C(C)C. The molecule has 0 bridgehead atoms. The molecule has 12 nitrogen and oxygen atoms in total. The fraction of sp³-hybridized carbons (Fsp3) is 0.382. The van der Waals surface area contributed by atoms with Gasteiger partial charge in [-0.2, -0.15) is 10.2 Å². The highest BCUT2D eigenvalue weighted by Gasteiger charge is 2.36. The van der Waals surface area contributed by atoms with Gasteiger partial charge in [-0.1, -0.05) is 19.1 Å². The summed E-state index contributed by atoms with van der Waals surface area (Å²) in [5.74, 6) is 1.39. The maximum Gasteiger partial charge on any atom is 0.255 e. The van der Waals surface area contributed by atoms with Crippen LogP contribution in [0.4, 0.5) is 23.1 Å². The Hall–Kier alpha value is -4.99. The second kappa shape index (κ2) is 13.2. The molecule has 2 aromatic carbocycles. The highest BCUT2D eigenvalue weighted by atomic mass is 16.5. The number of hydrogen-bond acceptors (Lipinski definition) is 10. The number of aromatic nitrogens is 4. The molecule has 2 aliphatic heterocycles. The average molecular weight is 621 g/mol. The van der Waals surface area contributed by atoms with E-state index < -0.39 is 0 Å². The number of hydrogen-bond donors (Lipinski definition) is 2. The number of methoxy groups -OCH3 is 1. The lowest BCUT2D eigenvalue weighted by molar-refractivity contribution is 0.102. The minimum atomic E-state index is -0.229. The number of ether oxygens (including phenoxy) is 1. The third-order valence-corrected chi connectivity index (χ3v) is 8.68. The number of nitriles is 1. The maximum atomic E-state index is 13.2. The zero-order valence-corrected chi connectivity index (χ0v) is 27.0. The van der Waals surface area contributed by atoms with E-state index in [2.05, 4.69) is 81.3 Å². The molecule has 0 saturated carbocycles. The van der Waals surface area contributed by atoms with Gasteiger partial charge in [0.2, 0.25) is 5.95 Å². The van der Waals surface area contributed by atoms with Gasteiger partial charge in [0.05, 0.1) is 30.7 Å². The number of rotatable bonds is 9. The summed E-state index contributed by atoms with van der Waals surface area (Å²) in [7, 11) is 3.72. The Morgan fingerprint density at radius 2 is 1.87 bits per heavy atom. The van der Waals surface area contributed by atoms with E-state index >= 15 is 0 Å². The first-order chi connectivity index (χ1) is 22.3. The van der Waals surface area contributed by atoms with Gasteiger partial charge >= 0.3 is 0 Å². The molecule has 12 heteroatoms.